The number of benzene rings is 1. The van der Waals surface area contributed by atoms with Crippen molar-refractivity contribution in [3.05, 3.63) is 36.1 Å². The van der Waals surface area contributed by atoms with Crippen molar-refractivity contribution in [2.45, 2.75) is 6.92 Å². The number of aliphatic imine (C=N–C) groups is 1. The van der Waals surface area contributed by atoms with Crippen LogP contribution in [0.15, 0.2) is 39.7 Å². The lowest BCUT2D eigenvalue weighted by atomic mass is 10.2. The van der Waals surface area contributed by atoms with Gasteiger partial charge in [-0.1, -0.05) is 36.9 Å². The molecular formula is C14H14N2O2S. The van der Waals surface area contributed by atoms with Gasteiger partial charge < -0.3 is 4.42 Å². The summed E-state index contributed by atoms with van der Waals surface area (Å²) in [5.41, 5.74) is 0.742. The number of hydrogen-bond donors (Lipinski definition) is 0. The van der Waals surface area contributed by atoms with E-state index in [2.05, 4.69) is 11.9 Å². The van der Waals surface area contributed by atoms with Gasteiger partial charge in [-0.05, 0) is 17.9 Å². The van der Waals surface area contributed by atoms with Crippen LogP contribution in [0.25, 0.3) is 11.0 Å². The monoisotopic (exact) mass is 274 g/mol. The molecule has 0 saturated carbocycles. The Morgan fingerprint density at radius 1 is 1.47 bits per heavy atom. The van der Waals surface area contributed by atoms with Crippen LogP contribution >= 0.6 is 11.8 Å². The Morgan fingerprint density at radius 2 is 2.32 bits per heavy atom. The van der Waals surface area contributed by atoms with Gasteiger partial charge in [0.05, 0.1) is 6.54 Å². The van der Waals surface area contributed by atoms with Crippen molar-refractivity contribution in [1.82, 2.24) is 4.90 Å². The topological polar surface area (TPSA) is 45.8 Å². The van der Waals surface area contributed by atoms with Crippen molar-refractivity contribution in [3.8, 4) is 0 Å². The molecular weight excluding hydrogens is 260 g/mol. The second-order valence-corrected chi connectivity index (χ2v) is 5.43. The summed E-state index contributed by atoms with van der Waals surface area (Å²) in [6, 6.07) is 9.43. The second kappa shape index (κ2) is 5.09. The number of carbonyl (C=O) groups is 1. The zero-order valence-corrected chi connectivity index (χ0v) is 11.4. The smallest absolute Gasteiger partial charge is 0.295 e. The highest BCUT2D eigenvalue weighted by Gasteiger charge is 2.27. The fourth-order valence-corrected chi connectivity index (χ4v) is 2.86. The Balaban J connectivity index is 1.89. The van der Waals surface area contributed by atoms with Crippen LogP contribution in [-0.2, 0) is 0 Å². The van der Waals surface area contributed by atoms with E-state index in [0.29, 0.717) is 18.8 Å². The number of amides is 1. The third-order valence-corrected chi connectivity index (χ3v) is 3.85. The number of rotatable bonds is 2. The molecule has 0 N–H and O–H groups in total. The van der Waals surface area contributed by atoms with Crippen LogP contribution in [0.1, 0.15) is 17.5 Å². The zero-order chi connectivity index (χ0) is 13.2. The number of amidine groups is 1. The van der Waals surface area contributed by atoms with Crippen molar-refractivity contribution in [2.75, 3.05) is 18.8 Å². The van der Waals surface area contributed by atoms with E-state index in [-0.39, 0.29) is 5.91 Å². The lowest BCUT2D eigenvalue weighted by Crippen LogP contribution is -2.32. The Morgan fingerprint density at radius 3 is 3.11 bits per heavy atom. The lowest BCUT2D eigenvalue weighted by Gasteiger charge is -2.15. The number of hydrogen-bond acceptors (Lipinski definition) is 4. The average Bonchev–Trinajstić information content (AvgIpc) is 3.04. The molecule has 0 unspecified atom stereocenters. The van der Waals surface area contributed by atoms with Gasteiger partial charge >= 0.3 is 0 Å². The molecule has 0 spiro atoms. The first-order chi connectivity index (χ1) is 9.29. The molecule has 2 aromatic rings. The Hall–Kier alpha value is -1.75. The van der Waals surface area contributed by atoms with Crippen molar-refractivity contribution in [2.24, 2.45) is 4.99 Å². The van der Waals surface area contributed by atoms with Crippen LogP contribution in [0, 0.1) is 0 Å². The molecule has 2 heterocycles. The molecule has 19 heavy (non-hydrogen) atoms. The van der Waals surface area contributed by atoms with Gasteiger partial charge in [-0.3, -0.25) is 14.7 Å². The summed E-state index contributed by atoms with van der Waals surface area (Å²) in [5.74, 6) is 1.18. The molecule has 0 saturated heterocycles. The molecule has 4 nitrogen and oxygen atoms in total. The molecule has 1 amide bonds. The summed E-state index contributed by atoms with van der Waals surface area (Å²) in [4.78, 5) is 18.5. The Labute approximate surface area is 115 Å². The van der Waals surface area contributed by atoms with Gasteiger partial charge in [0.2, 0.25) is 0 Å². The summed E-state index contributed by atoms with van der Waals surface area (Å²) in [6.45, 7) is 3.36. The van der Waals surface area contributed by atoms with E-state index in [0.717, 1.165) is 21.9 Å². The van der Waals surface area contributed by atoms with Gasteiger partial charge in [0.25, 0.3) is 5.91 Å². The maximum absolute atomic E-state index is 12.4. The molecule has 1 aliphatic heterocycles. The normalized spacial score (nSPS) is 15.0. The van der Waals surface area contributed by atoms with Gasteiger partial charge in [0.15, 0.2) is 10.9 Å². The average molecular weight is 274 g/mol. The molecule has 0 bridgehead atoms. The van der Waals surface area contributed by atoms with Crippen LogP contribution in [-0.4, -0.2) is 34.8 Å². The zero-order valence-electron chi connectivity index (χ0n) is 10.6. The van der Waals surface area contributed by atoms with Crippen LogP contribution in [0.2, 0.25) is 0 Å². The summed E-state index contributed by atoms with van der Waals surface area (Å²) in [7, 11) is 0. The molecule has 1 aromatic carbocycles. The van der Waals surface area contributed by atoms with Gasteiger partial charge in [-0.25, -0.2) is 0 Å². The second-order valence-electron chi connectivity index (χ2n) is 4.20. The van der Waals surface area contributed by atoms with E-state index in [1.807, 2.05) is 24.3 Å². The largest absolute Gasteiger partial charge is 0.451 e. The standard InChI is InChI=1S/C14H14N2O2S/c1-2-19-14-15-7-8-16(14)13(17)12-9-10-5-3-4-6-11(10)18-12/h3-6,9H,2,7-8H2,1H3. The van der Waals surface area contributed by atoms with Gasteiger partial charge in [-0.2, -0.15) is 0 Å². The molecule has 5 heteroatoms. The number of carbonyl (C=O) groups excluding carboxylic acids is 1. The first-order valence-electron chi connectivity index (χ1n) is 6.27. The van der Waals surface area contributed by atoms with E-state index >= 15 is 0 Å². The number of nitrogens with zero attached hydrogens (tertiary/aromatic N) is 2. The number of fused-ring (bicyclic) bond motifs is 1. The predicted molar refractivity (Wildman–Crippen MR) is 77.7 cm³/mol. The fraction of sp³-hybridized carbons (Fsp3) is 0.286. The van der Waals surface area contributed by atoms with Gasteiger partial charge in [0.1, 0.15) is 5.58 Å². The highest BCUT2D eigenvalue weighted by atomic mass is 32.2. The van der Waals surface area contributed by atoms with E-state index in [1.165, 1.54) is 0 Å². The number of para-hydroxylation sites is 1. The summed E-state index contributed by atoms with van der Waals surface area (Å²) in [6.07, 6.45) is 0. The minimum Gasteiger partial charge on any atom is -0.451 e. The van der Waals surface area contributed by atoms with Crippen molar-refractivity contribution in [1.29, 1.82) is 0 Å². The van der Waals surface area contributed by atoms with Crippen LogP contribution in [0.3, 0.4) is 0 Å². The number of thioether (sulfide) groups is 1. The molecule has 0 fully saturated rings. The van der Waals surface area contributed by atoms with Crippen LogP contribution in [0.4, 0.5) is 0 Å². The lowest BCUT2D eigenvalue weighted by molar-refractivity contribution is 0.0833. The van der Waals surface area contributed by atoms with E-state index in [9.17, 15) is 4.79 Å². The van der Waals surface area contributed by atoms with Crippen molar-refractivity contribution >= 4 is 33.8 Å². The molecule has 0 radical (unpaired) electrons. The molecule has 1 aliphatic rings. The SMILES string of the molecule is CCSC1=NCCN1C(=O)c1cc2ccccc2o1. The Bertz CT molecular complexity index is 615. The highest BCUT2D eigenvalue weighted by Crippen LogP contribution is 2.22. The van der Waals surface area contributed by atoms with Crippen molar-refractivity contribution < 1.29 is 9.21 Å². The molecule has 98 valence electrons. The Kier molecular flexibility index (Phi) is 3.29. The quantitative estimate of drug-likeness (QED) is 0.845. The fourth-order valence-electron chi connectivity index (χ4n) is 2.09. The molecule has 0 atom stereocenters. The summed E-state index contributed by atoms with van der Waals surface area (Å²) >= 11 is 1.59. The summed E-state index contributed by atoms with van der Waals surface area (Å²) < 4.78 is 5.61. The first kappa shape index (κ1) is 12.3. The van der Waals surface area contributed by atoms with Crippen LogP contribution in [0.5, 0.6) is 0 Å². The van der Waals surface area contributed by atoms with Crippen molar-refractivity contribution in [3.63, 3.8) is 0 Å². The summed E-state index contributed by atoms with van der Waals surface area (Å²) in [5, 5.41) is 1.75. The maximum Gasteiger partial charge on any atom is 0.295 e. The van der Waals surface area contributed by atoms with Gasteiger partial charge in [-0.15, -0.1) is 0 Å². The first-order valence-corrected chi connectivity index (χ1v) is 7.26. The molecule has 3 rings (SSSR count). The third kappa shape index (κ3) is 2.26. The van der Waals surface area contributed by atoms with E-state index in [4.69, 9.17) is 4.42 Å². The van der Waals surface area contributed by atoms with E-state index < -0.39 is 0 Å². The van der Waals surface area contributed by atoms with E-state index in [1.54, 1.807) is 22.7 Å². The minimum atomic E-state index is -0.103. The number of furan rings is 1. The molecule has 0 aliphatic carbocycles. The third-order valence-electron chi connectivity index (χ3n) is 2.96. The maximum atomic E-state index is 12.4. The molecule has 1 aromatic heterocycles. The highest BCUT2D eigenvalue weighted by molar-refractivity contribution is 8.13. The van der Waals surface area contributed by atoms with Gasteiger partial charge in [0, 0.05) is 11.9 Å². The predicted octanol–water partition coefficient (Wildman–Crippen LogP) is 3.00. The minimum absolute atomic E-state index is 0.103. The van der Waals surface area contributed by atoms with Crippen LogP contribution < -0.4 is 0 Å².